The molecule has 1 aliphatic carbocycles. The summed E-state index contributed by atoms with van der Waals surface area (Å²) in [5.41, 5.74) is 8.21. The third-order valence-electron chi connectivity index (χ3n) is 3.17. The molecule has 2 nitrogen and oxygen atoms in total. The van der Waals surface area contributed by atoms with Crippen LogP contribution < -0.4 is 10.3 Å². The van der Waals surface area contributed by atoms with Crippen LogP contribution >= 0.6 is 11.8 Å². The Balaban J connectivity index is 1.91. The Morgan fingerprint density at radius 3 is 2.67 bits per heavy atom. The first-order valence-corrected chi connectivity index (χ1v) is 6.98. The molecule has 90 valence electrons. The van der Waals surface area contributed by atoms with Gasteiger partial charge in [-0.1, -0.05) is 30.3 Å². The van der Waals surface area contributed by atoms with Crippen LogP contribution in [0.5, 0.6) is 0 Å². The molecule has 1 atom stereocenters. The maximum absolute atomic E-state index is 5.53. The summed E-state index contributed by atoms with van der Waals surface area (Å²) in [6.07, 6.45) is 8.67. The fourth-order valence-corrected chi connectivity index (χ4v) is 2.80. The van der Waals surface area contributed by atoms with Gasteiger partial charge in [0.25, 0.3) is 0 Å². The fraction of sp³-hybridized carbons (Fsp3) is 0.133. The van der Waals surface area contributed by atoms with Crippen LogP contribution in [-0.2, 0) is 0 Å². The standard InChI is InChI=1S/C15H15N2S/c16-11-18-13-7-9-17(10-8-13)15-6-5-12-3-1-2-4-14(12)15/h1-10,15H,11,16H2/q+1. The van der Waals surface area contributed by atoms with Crippen LogP contribution in [0.3, 0.4) is 0 Å². The number of benzene rings is 1. The predicted molar refractivity (Wildman–Crippen MR) is 75.2 cm³/mol. The molecule has 0 fully saturated rings. The molecule has 2 aromatic rings. The van der Waals surface area contributed by atoms with Crippen molar-refractivity contribution >= 4 is 17.8 Å². The summed E-state index contributed by atoms with van der Waals surface area (Å²) in [7, 11) is 0. The molecular formula is C15H15N2S+. The number of aromatic nitrogens is 1. The number of allylic oxidation sites excluding steroid dienone is 1. The van der Waals surface area contributed by atoms with E-state index in [9.17, 15) is 0 Å². The van der Waals surface area contributed by atoms with Crippen molar-refractivity contribution in [3.63, 3.8) is 0 Å². The molecule has 0 spiro atoms. The number of hydrogen-bond acceptors (Lipinski definition) is 2. The van der Waals surface area contributed by atoms with Gasteiger partial charge >= 0.3 is 0 Å². The molecule has 2 N–H and O–H groups in total. The number of thioether (sulfide) groups is 1. The second kappa shape index (κ2) is 4.96. The number of hydrogen-bond donors (Lipinski definition) is 1. The van der Waals surface area contributed by atoms with E-state index in [1.54, 1.807) is 11.8 Å². The SMILES string of the molecule is NCSc1cc[n+](C2C=Cc3ccccc32)cc1. The van der Waals surface area contributed by atoms with E-state index in [2.05, 4.69) is 65.5 Å². The zero-order chi connectivity index (χ0) is 12.4. The number of nitrogens with two attached hydrogens (primary N) is 1. The molecule has 1 unspecified atom stereocenters. The number of fused-ring (bicyclic) bond motifs is 1. The molecule has 0 saturated carbocycles. The molecule has 1 aromatic carbocycles. The van der Waals surface area contributed by atoms with Crippen LogP contribution in [0.15, 0.2) is 59.8 Å². The highest BCUT2D eigenvalue weighted by Crippen LogP contribution is 2.27. The number of nitrogens with zero attached hydrogens (tertiary/aromatic N) is 1. The van der Waals surface area contributed by atoms with E-state index in [-0.39, 0.29) is 0 Å². The van der Waals surface area contributed by atoms with Crippen molar-refractivity contribution in [3.8, 4) is 0 Å². The Morgan fingerprint density at radius 2 is 1.89 bits per heavy atom. The van der Waals surface area contributed by atoms with Gasteiger partial charge in [0.15, 0.2) is 12.4 Å². The molecular weight excluding hydrogens is 240 g/mol. The van der Waals surface area contributed by atoms with Crippen molar-refractivity contribution in [1.82, 2.24) is 0 Å². The smallest absolute Gasteiger partial charge is 0.202 e. The average molecular weight is 255 g/mol. The van der Waals surface area contributed by atoms with Crippen molar-refractivity contribution in [2.24, 2.45) is 5.73 Å². The quantitative estimate of drug-likeness (QED) is 0.519. The summed E-state index contributed by atoms with van der Waals surface area (Å²) in [4.78, 5) is 1.21. The second-order valence-electron chi connectivity index (χ2n) is 4.22. The van der Waals surface area contributed by atoms with Crippen molar-refractivity contribution in [2.45, 2.75) is 10.9 Å². The van der Waals surface area contributed by atoms with Gasteiger partial charge in [-0.25, -0.2) is 0 Å². The van der Waals surface area contributed by atoms with E-state index < -0.39 is 0 Å². The molecule has 0 aliphatic heterocycles. The summed E-state index contributed by atoms with van der Waals surface area (Å²) in [6.45, 7) is 0. The number of rotatable bonds is 3. The van der Waals surface area contributed by atoms with Crippen molar-refractivity contribution in [3.05, 3.63) is 66.0 Å². The lowest BCUT2D eigenvalue weighted by molar-refractivity contribution is -0.703. The zero-order valence-electron chi connectivity index (χ0n) is 9.99. The van der Waals surface area contributed by atoms with Crippen LogP contribution in [0.4, 0.5) is 0 Å². The molecule has 3 rings (SSSR count). The van der Waals surface area contributed by atoms with Crippen LogP contribution in [0, 0.1) is 0 Å². The Hall–Kier alpha value is -1.58. The Morgan fingerprint density at radius 1 is 1.11 bits per heavy atom. The lowest BCUT2D eigenvalue weighted by Crippen LogP contribution is -2.37. The summed E-state index contributed by atoms with van der Waals surface area (Å²) in [5, 5.41) is 0. The molecule has 1 heterocycles. The first-order chi connectivity index (χ1) is 8.88. The lowest BCUT2D eigenvalue weighted by atomic mass is 10.1. The third kappa shape index (κ3) is 2.07. The minimum Gasteiger partial charge on any atom is -0.322 e. The lowest BCUT2D eigenvalue weighted by Gasteiger charge is -2.06. The van der Waals surface area contributed by atoms with Gasteiger partial charge in [0.1, 0.15) is 0 Å². The van der Waals surface area contributed by atoms with Gasteiger partial charge in [-0.05, 0) is 11.6 Å². The molecule has 0 saturated heterocycles. The minimum atomic E-state index is 0.318. The van der Waals surface area contributed by atoms with E-state index in [0.717, 1.165) is 0 Å². The highest BCUT2D eigenvalue weighted by molar-refractivity contribution is 7.99. The Kier molecular flexibility index (Phi) is 3.17. The van der Waals surface area contributed by atoms with Gasteiger partial charge in [-0.3, -0.25) is 0 Å². The largest absolute Gasteiger partial charge is 0.322 e. The Labute approximate surface area is 111 Å². The minimum absolute atomic E-state index is 0.318. The maximum Gasteiger partial charge on any atom is 0.202 e. The second-order valence-corrected chi connectivity index (χ2v) is 5.32. The molecule has 18 heavy (non-hydrogen) atoms. The van der Waals surface area contributed by atoms with Crippen molar-refractivity contribution in [2.75, 3.05) is 5.88 Å². The van der Waals surface area contributed by atoms with Gasteiger partial charge in [0, 0.05) is 28.5 Å². The normalized spacial score (nSPS) is 16.8. The molecule has 0 amide bonds. The fourth-order valence-electron chi connectivity index (χ4n) is 2.29. The Bertz CT molecular complexity index is 575. The summed E-state index contributed by atoms with van der Waals surface area (Å²) in [5.74, 6) is 0.621. The van der Waals surface area contributed by atoms with E-state index in [0.29, 0.717) is 11.9 Å². The van der Waals surface area contributed by atoms with E-state index in [1.807, 2.05) is 0 Å². The van der Waals surface area contributed by atoms with E-state index in [4.69, 9.17) is 5.73 Å². The van der Waals surface area contributed by atoms with Crippen molar-refractivity contribution < 1.29 is 4.57 Å². The summed E-state index contributed by atoms with van der Waals surface area (Å²) < 4.78 is 2.23. The molecule has 0 radical (unpaired) electrons. The first-order valence-electron chi connectivity index (χ1n) is 5.99. The highest BCUT2D eigenvalue weighted by atomic mass is 32.2. The van der Waals surface area contributed by atoms with Gasteiger partial charge in [-0.15, -0.1) is 11.8 Å². The van der Waals surface area contributed by atoms with Crippen LogP contribution in [0.2, 0.25) is 0 Å². The summed E-state index contributed by atoms with van der Waals surface area (Å²) >= 11 is 1.66. The van der Waals surface area contributed by atoms with Gasteiger partial charge in [-0.2, -0.15) is 4.57 Å². The monoisotopic (exact) mass is 255 g/mol. The predicted octanol–water partition coefficient (Wildman–Crippen LogP) is 2.60. The van der Waals surface area contributed by atoms with E-state index in [1.165, 1.54) is 16.0 Å². The third-order valence-corrected chi connectivity index (χ3v) is 3.94. The zero-order valence-corrected chi connectivity index (χ0v) is 10.8. The van der Waals surface area contributed by atoms with Crippen molar-refractivity contribution in [1.29, 1.82) is 0 Å². The number of pyridine rings is 1. The van der Waals surface area contributed by atoms with Crippen LogP contribution in [0.1, 0.15) is 17.2 Å². The molecule has 3 heteroatoms. The maximum atomic E-state index is 5.53. The topological polar surface area (TPSA) is 29.9 Å². The van der Waals surface area contributed by atoms with E-state index >= 15 is 0 Å². The van der Waals surface area contributed by atoms with Crippen LogP contribution in [0.25, 0.3) is 6.08 Å². The highest BCUT2D eigenvalue weighted by Gasteiger charge is 2.24. The van der Waals surface area contributed by atoms with Crippen LogP contribution in [-0.4, -0.2) is 5.88 Å². The molecule has 0 bridgehead atoms. The molecule has 1 aliphatic rings. The molecule has 1 aromatic heterocycles. The van der Waals surface area contributed by atoms with Gasteiger partial charge in [0.2, 0.25) is 6.04 Å². The first kappa shape index (κ1) is 11.5. The summed E-state index contributed by atoms with van der Waals surface area (Å²) in [6, 6.07) is 13.1. The average Bonchev–Trinajstić information content (AvgIpc) is 2.84. The van der Waals surface area contributed by atoms with Gasteiger partial charge in [0.05, 0.1) is 0 Å². The van der Waals surface area contributed by atoms with Gasteiger partial charge < -0.3 is 5.73 Å².